The topological polar surface area (TPSA) is 52.3 Å². The maximum Gasteiger partial charge on any atom is 0.309 e. The van der Waals surface area contributed by atoms with Gasteiger partial charge in [0.2, 0.25) is 0 Å². The summed E-state index contributed by atoms with van der Waals surface area (Å²) in [5.74, 6) is 2.64. The highest BCUT2D eigenvalue weighted by atomic mass is 16.5. The molecule has 0 spiro atoms. The molecule has 21 heavy (non-hydrogen) atoms. The average Bonchev–Trinajstić information content (AvgIpc) is 2.47. The number of carbonyl (C=O) groups is 1. The molecule has 0 amide bonds. The van der Waals surface area contributed by atoms with Gasteiger partial charge in [-0.2, -0.15) is 0 Å². The van der Waals surface area contributed by atoms with Gasteiger partial charge in [-0.05, 0) is 68.7 Å². The van der Waals surface area contributed by atoms with E-state index < -0.39 is 0 Å². The summed E-state index contributed by atoms with van der Waals surface area (Å²) in [4.78, 5) is 12.5. The highest BCUT2D eigenvalue weighted by Crippen LogP contribution is 2.37. The molecule has 0 aliphatic heterocycles. The van der Waals surface area contributed by atoms with Crippen LogP contribution in [-0.2, 0) is 9.53 Å². The van der Waals surface area contributed by atoms with Crippen LogP contribution < -0.4 is 5.73 Å². The summed E-state index contributed by atoms with van der Waals surface area (Å²) in [7, 11) is 0. The van der Waals surface area contributed by atoms with Gasteiger partial charge in [-0.25, -0.2) is 0 Å². The van der Waals surface area contributed by atoms with Crippen LogP contribution >= 0.6 is 0 Å². The third-order valence-electron chi connectivity index (χ3n) is 5.74. The Morgan fingerprint density at radius 2 is 1.81 bits per heavy atom. The van der Waals surface area contributed by atoms with Crippen LogP contribution in [0.4, 0.5) is 0 Å². The van der Waals surface area contributed by atoms with E-state index in [-0.39, 0.29) is 18.0 Å². The van der Waals surface area contributed by atoms with Crippen LogP contribution in [0.1, 0.15) is 65.7 Å². The van der Waals surface area contributed by atoms with E-state index in [0.29, 0.717) is 23.7 Å². The first kappa shape index (κ1) is 16.8. The zero-order chi connectivity index (χ0) is 15.4. The average molecular weight is 295 g/mol. The largest absolute Gasteiger partial charge is 0.462 e. The van der Waals surface area contributed by atoms with Gasteiger partial charge in [0.15, 0.2) is 0 Å². The van der Waals surface area contributed by atoms with E-state index >= 15 is 0 Å². The number of rotatable bonds is 4. The molecule has 3 atom stereocenters. The summed E-state index contributed by atoms with van der Waals surface area (Å²) >= 11 is 0. The van der Waals surface area contributed by atoms with E-state index in [1.54, 1.807) is 0 Å². The highest BCUT2D eigenvalue weighted by Gasteiger charge is 2.35. The fraction of sp³-hybridized carbons (Fsp3) is 0.944. The fourth-order valence-corrected chi connectivity index (χ4v) is 4.13. The summed E-state index contributed by atoms with van der Waals surface area (Å²) in [6, 6.07) is 0. The smallest absolute Gasteiger partial charge is 0.309 e. The van der Waals surface area contributed by atoms with E-state index in [9.17, 15) is 4.79 Å². The minimum atomic E-state index is 0.0650. The molecule has 2 fully saturated rings. The Hall–Kier alpha value is -0.570. The first-order chi connectivity index (χ1) is 10.0. The Morgan fingerprint density at radius 1 is 1.14 bits per heavy atom. The van der Waals surface area contributed by atoms with Crippen molar-refractivity contribution in [2.24, 2.45) is 35.3 Å². The monoisotopic (exact) mass is 295 g/mol. The lowest BCUT2D eigenvalue weighted by molar-refractivity contribution is -0.162. The maximum absolute atomic E-state index is 12.5. The van der Waals surface area contributed by atoms with E-state index in [0.717, 1.165) is 38.6 Å². The zero-order valence-electron chi connectivity index (χ0n) is 14.0. The molecular formula is C18H33NO2. The molecule has 0 aromatic heterocycles. The predicted molar refractivity (Wildman–Crippen MR) is 85.7 cm³/mol. The van der Waals surface area contributed by atoms with Crippen LogP contribution in [0.5, 0.6) is 0 Å². The Bertz CT molecular complexity index is 334. The molecule has 2 aliphatic carbocycles. The number of nitrogens with two attached hydrogens (primary N) is 1. The Labute approximate surface area is 130 Å². The van der Waals surface area contributed by atoms with Crippen molar-refractivity contribution in [3.8, 4) is 0 Å². The molecule has 2 N–H and O–H groups in total. The zero-order valence-corrected chi connectivity index (χ0v) is 14.0. The third kappa shape index (κ3) is 4.45. The minimum Gasteiger partial charge on any atom is -0.462 e. The molecule has 2 saturated carbocycles. The van der Waals surface area contributed by atoms with E-state index in [4.69, 9.17) is 10.5 Å². The number of esters is 1. The summed E-state index contributed by atoms with van der Waals surface area (Å²) in [5.41, 5.74) is 5.72. The summed E-state index contributed by atoms with van der Waals surface area (Å²) in [6.07, 6.45) is 7.79. The first-order valence-electron chi connectivity index (χ1n) is 8.91. The van der Waals surface area contributed by atoms with Crippen LogP contribution in [0, 0.1) is 29.6 Å². The molecule has 0 heterocycles. The molecule has 3 heteroatoms. The molecular weight excluding hydrogens is 262 g/mol. The maximum atomic E-state index is 12.5. The lowest BCUT2D eigenvalue weighted by atomic mass is 9.75. The van der Waals surface area contributed by atoms with Gasteiger partial charge in [-0.15, -0.1) is 0 Å². The van der Waals surface area contributed by atoms with Gasteiger partial charge in [0, 0.05) is 0 Å². The van der Waals surface area contributed by atoms with Gasteiger partial charge < -0.3 is 10.5 Å². The van der Waals surface area contributed by atoms with Gasteiger partial charge in [0.05, 0.1) is 5.92 Å². The Balaban J connectivity index is 1.88. The molecule has 0 aromatic carbocycles. The lowest BCUT2D eigenvalue weighted by Crippen LogP contribution is -2.38. The Kier molecular flexibility index (Phi) is 6.09. The SMILES string of the molecule is CC1CCC(C(C)C)C(OC(=O)C2CCC(CN)CC2)C1. The second-order valence-electron chi connectivity index (χ2n) is 7.75. The molecule has 3 nitrogen and oxygen atoms in total. The van der Waals surface area contributed by atoms with Crippen molar-refractivity contribution in [1.29, 1.82) is 0 Å². The normalized spacial score (nSPS) is 37.5. The summed E-state index contributed by atoms with van der Waals surface area (Å²) in [6.45, 7) is 7.56. The Morgan fingerprint density at radius 3 is 2.38 bits per heavy atom. The van der Waals surface area contributed by atoms with Crippen LogP contribution in [0.15, 0.2) is 0 Å². The molecule has 122 valence electrons. The van der Waals surface area contributed by atoms with Crippen molar-refractivity contribution >= 4 is 5.97 Å². The van der Waals surface area contributed by atoms with Crippen molar-refractivity contribution < 1.29 is 9.53 Å². The molecule has 0 radical (unpaired) electrons. The van der Waals surface area contributed by atoms with E-state index in [1.807, 2.05) is 0 Å². The molecule has 0 bridgehead atoms. The number of carbonyl (C=O) groups excluding carboxylic acids is 1. The molecule has 2 rings (SSSR count). The van der Waals surface area contributed by atoms with Gasteiger partial charge in [-0.1, -0.05) is 27.2 Å². The molecule has 0 aromatic rings. The predicted octanol–water partition coefficient (Wildman–Crippen LogP) is 3.76. The van der Waals surface area contributed by atoms with Gasteiger partial charge in [-0.3, -0.25) is 4.79 Å². The van der Waals surface area contributed by atoms with Crippen molar-refractivity contribution in [3.63, 3.8) is 0 Å². The van der Waals surface area contributed by atoms with Crippen molar-refractivity contribution in [2.45, 2.75) is 71.8 Å². The fourth-order valence-electron chi connectivity index (χ4n) is 4.13. The number of hydrogen-bond acceptors (Lipinski definition) is 3. The molecule has 3 unspecified atom stereocenters. The first-order valence-corrected chi connectivity index (χ1v) is 8.91. The van der Waals surface area contributed by atoms with Crippen molar-refractivity contribution in [3.05, 3.63) is 0 Å². The lowest BCUT2D eigenvalue weighted by Gasteiger charge is -2.38. The number of hydrogen-bond donors (Lipinski definition) is 1. The molecule has 2 aliphatic rings. The quantitative estimate of drug-likeness (QED) is 0.804. The molecule has 0 saturated heterocycles. The summed E-state index contributed by atoms with van der Waals surface area (Å²) < 4.78 is 5.97. The van der Waals surface area contributed by atoms with E-state index in [2.05, 4.69) is 20.8 Å². The van der Waals surface area contributed by atoms with Gasteiger partial charge >= 0.3 is 5.97 Å². The van der Waals surface area contributed by atoms with Gasteiger partial charge in [0.25, 0.3) is 0 Å². The second-order valence-corrected chi connectivity index (χ2v) is 7.75. The van der Waals surface area contributed by atoms with Crippen LogP contribution in [0.3, 0.4) is 0 Å². The second kappa shape index (κ2) is 7.62. The van der Waals surface area contributed by atoms with E-state index in [1.165, 1.54) is 12.8 Å². The summed E-state index contributed by atoms with van der Waals surface area (Å²) in [5, 5.41) is 0. The minimum absolute atomic E-state index is 0.0650. The van der Waals surface area contributed by atoms with Crippen molar-refractivity contribution in [1.82, 2.24) is 0 Å². The van der Waals surface area contributed by atoms with Crippen LogP contribution in [-0.4, -0.2) is 18.6 Å². The van der Waals surface area contributed by atoms with Crippen LogP contribution in [0.2, 0.25) is 0 Å². The van der Waals surface area contributed by atoms with Crippen LogP contribution in [0.25, 0.3) is 0 Å². The third-order valence-corrected chi connectivity index (χ3v) is 5.74. The van der Waals surface area contributed by atoms with Gasteiger partial charge in [0.1, 0.15) is 6.10 Å². The standard InChI is InChI=1S/C18H33NO2/c1-12(2)16-9-4-13(3)10-17(16)21-18(20)15-7-5-14(11-19)6-8-15/h12-17H,4-11,19H2,1-3H3. The number of ether oxygens (including phenoxy) is 1. The van der Waals surface area contributed by atoms with Crippen molar-refractivity contribution in [2.75, 3.05) is 6.54 Å². The highest BCUT2D eigenvalue weighted by molar-refractivity contribution is 5.72.